The van der Waals surface area contributed by atoms with Crippen molar-refractivity contribution in [2.75, 3.05) is 20.1 Å². The molecule has 0 atom stereocenters. The normalized spacial score (nSPS) is 17.3. The standard InChI is InChI=1S/C19H22N2O/c1-21-14-12-18(13-15-21)19(20-22,16-8-4-2-5-9-16)17-10-6-3-7-11-17/h2-11,18H,12-15H2,1H3. The second kappa shape index (κ2) is 6.41. The van der Waals surface area contributed by atoms with Crippen molar-refractivity contribution < 1.29 is 0 Å². The van der Waals surface area contributed by atoms with Gasteiger partial charge in [-0.2, -0.15) is 0 Å². The van der Waals surface area contributed by atoms with E-state index in [1.54, 1.807) is 0 Å². The molecule has 1 aliphatic heterocycles. The van der Waals surface area contributed by atoms with E-state index in [1.165, 1.54) is 0 Å². The molecule has 22 heavy (non-hydrogen) atoms. The number of hydrogen-bond donors (Lipinski definition) is 0. The molecule has 0 unspecified atom stereocenters. The fourth-order valence-corrected chi connectivity index (χ4v) is 3.63. The molecule has 114 valence electrons. The predicted octanol–water partition coefficient (Wildman–Crippen LogP) is 4.04. The maximum absolute atomic E-state index is 12.1. The summed E-state index contributed by atoms with van der Waals surface area (Å²) in [4.78, 5) is 14.5. The van der Waals surface area contributed by atoms with Gasteiger partial charge in [0, 0.05) is 0 Å². The number of benzene rings is 2. The van der Waals surface area contributed by atoms with Crippen molar-refractivity contribution >= 4 is 0 Å². The Morgan fingerprint density at radius 1 is 0.909 bits per heavy atom. The molecule has 3 rings (SSSR count). The number of likely N-dealkylation sites (tertiary alicyclic amines) is 1. The van der Waals surface area contributed by atoms with Crippen LogP contribution in [0.3, 0.4) is 0 Å². The third kappa shape index (κ3) is 2.57. The average Bonchev–Trinajstić information content (AvgIpc) is 2.59. The van der Waals surface area contributed by atoms with Gasteiger partial charge in [-0.15, -0.1) is 4.91 Å². The molecule has 0 aromatic heterocycles. The lowest BCUT2D eigenvalue weighted by molar-refractivity contribution is 0.167. The first-order valence-corrected chi connectivity index (χ1v) is 7.91. The minimum absolute atomic E-state index is 0.242. The molecule has 3 heteroatoms. The zero-order chi connectivity index (χ0) is 15.4. The van der Waals surface area contributed by atoms with E-state index >= 15 is 0 Å². The van der Waals surface area contributed by atoms with Crippen molar-refractivity contribution in [2.24, 2.45) is 11.1 Å². The van der Waals surface area contributed by atoms with E-state index in [9.17, 15) is 4.91 Å². The quantitative estimate of drug-likeness (QED) is 0.797. The Kier molecular flexibility index (Phi) is 4.34. The largest absolute Gasteiger partial charge is 0.306 e. The summed E-state index contributed by atoms with van der Waals surface area (Å²) in [7, 11) is 2.14. The molecule has 0 saturated carbocycles. The van der Waals surface area contributed by atoms with Crippen LogP contribution in [0.25, 0.3) is 0 Å². The van der Waals surface area contributed by atoms with Crippen LogP contribution in [0.1, 0.15) is 24.0 Å². The smallest absolute Gasteiger partial charge is 0.155 e. The Bertz CT molecular complexity index is 564. The number of nitroso groups, excluding NO2 is 1. The molecule has 0 aliphatic carbocycles. The summed E-state index contributed by atoms with van der Waals surface area (Å²) in [5.41, 5.74) is 1.24. The lowest BCUT2D eigenvalue weighted by Crippen LogP contribution is -2.42. The maximum atomic E-state index is 12.1. The minimum Gasteiger partial charge on any atom is -0.306 e. The predicted molar refractivity (Wildman–Crippen MR) is 89.7 cm³/mol. The van der Waals surface area contributed by atoms with Crippen LogP contribution >= 0.6 is 0 Å². The zero-order valence-corrected chi connectivity index (χ0v) is 13.0. The fourth-order valence-electron chi connectivity index (χ4n) is 3.63. The van der Waals surface area contributed by atoms with Crippen LogP contribution in [0.5, 0.6) is 0 Å². The Balaban J connectivity index is 2.11. The lowest BCUT2D eigenvalue weighted by atomic mass is 9.70. The van der Waals surface area contributed by atoms with Crippen LogP contribution in [-0.4, -0.2) is 25.0 Å². The molecule has 2 aromatic rings. The van der Waals surface area contributed by atoms with E-state index in [0.717, 1.165) is 37.1 Å². The fraction of sp³-hybridized carbons (Fsp3) is 0.368. The molecule has 0 bridgehead atoms. The van der Waals surface area contributed by atoms with E-state index in [0.29, 0.717) is 0 Å². The summed E-state index contributed by atoms with van der Waals surface area (Å²) >= 11 is 0. The number of rotatable bonds is 4. The van der Waals surface area contributed by atoms with Gasteiger partial charge >= 0.3 is 0 Å². The van der Waals surface area contributed by atoms with Gasteiger partial charge in [-0.05, 0) is 50.0 Å². The Hall–Kier alpha value is -2.00. The average molecular weight is 294 g/mol. The highest BCUT2D eigenvalue weighted by Crippen LogP contribution is 2.44. The number of hydrogen-bond acceptors (Lipinski definition) is 3. The van der Waals surface area contributed by atoms with E-state index in [-0.39, 0.29) is 5.92 Å². The van der Waals surface area contributed by atoms with Gasteiger partial charge in [0.1, 0.15) is 0 Å². The van der Waals surface area contributed by atoms with Gasteiger partial charge in [0.25, 0.3) is 0 Å². The van der Waals surface area contributed by atoms with Crippen LogP contribution in [0.15, 0.2) is 65.8 Å². The highest BCUT2D eigenvalue weighted by Gasteiger charge is 2.44. The first-order chi connectivity index (χ1) is 10.8. The maximum Gasteiger partial charge on any atom is 0.155 e. The summed E-state index contributed by atoms with van der Waals surface area (Å²) in [6.45, 7) is 2.03. The van der Waals surface area contributed by atoms with E-state index in [4.69, 9.17) is 0 Å². The minimum atomic E-state index is -0.774. The van der Waals surface area contributed by atoms with Gasteiger partial charge in [0.05, 0.1) is 0 Å². The van der Waals surface area contributed by atoms with Crippen molar-refractivity contribution in [1.29, 1.82) is 0 Å². The second-order valence-corrected chi connectivity index (χ2v) is 6.17. The summed E-state index contributed by atoms with van der Waals surface area (Å²) < 4.78 is 0. The highest BCUT2D eigenvalue weighted by molar-refractivity contribution is 5.40. The van der Waals surface area contributed by atoms with E-state index in [2.05, 4.69) is 17.1 Å². The topological polar surface area (TPSA) is 32.7 Å². The van der Waals surface area contributed by atoms with Crippen LogP contribution in [0.4, 0.5) is 0 Å². The van der Waals surface area contributed by atoms with E-state index in [1.807, 2.05) is 60.7 Å². The summed E-state index contributed by atoms with van der Waals surface area (Å²) in [5, 5.41) is 3.74. The molecule has 0 amide bonds. The SMILES string of the molecule is CN1CCC(C(N=O)(c2ccccc2)c2ccccc2)CC1. The zero-order valence-electron chi connectivity index (χ0n) is 13.0. The molecule has 0 spiro atoms. The summed E-state index contributed by atoms with van der Waals surface area (Å²) in [6, 6.07) is 20.1. The van der Waals surface area contributed by atoms with Crippen LogP contribution in [0, 0.1) is 10.8 Å². The van der Waals surface area contributed by atoms with Crippen molar-refractivity contribution in [2.45, 2.75) is 18.4 Å². The molecule has 1 aliphatic rings. The van der Waals surface area contributed by atoms with Gasteiger partial charge in [-0.3, -0.25) is 0 Å². The van der Waals surface area contributed by atoms with Crippen molar-refractivity contribution in [3.63, 3.8) is 0 Å². The molecule has 1 saturated heterocycles. The molecule has 3 nitrogen and oxygen atoms in total. The van der Waals surface area contributed by atoms with Crippen LogP contribution in [-0.2, 0) is 5.54 Å². The molecule has 1 fully saturated rings. The molecule has 1 heterocycles. The van der Waals surface area contributed by atoms with Crippen molar-refractivity contribution in [3.8, 4) is 0 Å². The highest BCUT2D eigenvalue weighted by atomic mass is 16.3. The van der Waals surface area contributed by atoms with E-state index < -0.39 is 5.54 Å². The van der Waals surface area contributed by atoms with Gasteiger partial charge in [0.15, 0.2) is 5.54 Å². The molecule has 0 radical (unpaired) electrons. The number of nitrogens with zero attached hydrogens (tertiary/aromatic N) is 2. The third-order valence-corrected chi connectivity index (χ3v) is 4.88. The Morgan fingerprint density at radius 3 is 1.77 bits per heavy atom. The Morgan fingerprint density at radius 2 is 1.36 bits per heavy atom. The third-order valence-electron chi connectivity index (χ3n) is 4.88. The van der Waals surface area contributed by atoms with Gasteiger partial charge in [-0.1, -0.05) is 65.8 Å². The van der Waals surface area contributed by atoms with Gasteiger partial charge in [0.2, 0.25) is 0 Å². The second-order valence-electron chi connectivity index (χ2n) is 6.17. The van der Waals surface area contributed by atoms with Crippen molar-refractivity contribution in [1.82, 2.24) is 4.90 Å². The van der Waals surface area contributed by atoms with Crippen molar-refractivity contribution in [3.05, 3.63) is 76.7 Å². The van der Waals surface area contributed by atoms with Gasteiger partial charge < -0.3 is 4.90 Å². The molecular weight excluding hydrogens is 272 g/mol. The molecular formula is C19H22N2O. The lowest BCUT2D eigenvalue weighted by Gasteiger charge is -2.40. The van der Waals surface area contributed by atoms with Crippen LogP contribution < -0.4 is 0 Å². The van der Waals surface area contributed by atoms with Gasteiger partial charge in [-0.25, -0.2) is 0 Å². The monoisotopic (exact) mass is 294 g/mol. The first kappa shape index (κ1) is 14.9. The van der Waals surface area contributed by atoms with Crippen LogP contribution in [0.2, 0.25) is 0 Å². The Labute approximate surface area is 131 Å². The summed E-state index contributed by atoms with van der Waals surface area (Å²) in [5.74, 6) is 0.242. The molecule has 0 N–H and O–H groups in total. The molecule has 2 aromatic carbocycles. The number of piperidine rings is 1. The first-order valence-electron chi connectivity index (χ1n) is 7.91. The summed E-state index contributed by atoms with van der Waals surface area (Å²) in [6.07, 6.45) is 1.98.